The fourth-order valence-electron chi connectivity index (χ4n) is 3.81. The number of nitrogens with zero attached hydrogens (tertiary/aromatic N) is 3. The molecule has 1 aliphatic rings. The molecule has 3 heterocycles. The van der Waals surface area contributed by atoms with Gasteiger partial charge in [-0.2, -0.15) is 0 Å². The zero-order valence-electron chi connectivity index (χ0n) is 17.3. The smallest absolute Gasteiger partial charge is 0.263 e. The van der Waals surface area contributed by atoms with Gasteiger partial charge in [-0.3, -0.25) is 14.7 Å². The molecule has 0 spiro atoms. The largest absolute Gasteiger partial charge is 0.497 e. The number of pyridine rings is 1. The van der Waals surface area contributed by atoms with Crippen molar-refractivity contribution in [3.8, 4) is 16.5 Å². The number of aryl methyl sites for hydroxylation is 1. The number of thiazole rings is 1. The van der Waals surface area contributed by atoms with Crippen molar-refractivity contribution >= 4 is 17.2 Å². The predicted octanol–water partition coefficient (Wildman–Crippen LogP) is 4.09. The SMILES string of the molecule is COc1ccc([C@@H](CNC(=O)c2sc(-c3ccccn3)nc2C)N2CCCC2)cc1. The van der Waals surface area contributed by atoms with E-state index in [2.05, 4.69) is 32.3 Å². The van der Waals surface area contributed by atoms with Gasteiger partial charge in [-0.15, -0.1) is 11.3 Å². The second kappa shape index (κ2) is 9.36. The number of hydrogen-bond acceptors (Lipinski definition) is 6. The number of amides is 1. The van der Waals surface area contributed by atoms with Gasteiger partial charge < -0.3 is 10.1 Å². The lowest BCUT2D eigenvalue weighted by molar-refractivity contribution is 0.0941. The van der Waals surface area contributed by atoms with E-state index in [4.69, 9.17) is 4.74 Å². The Morgan fingerprint density at radius 2 is 1.97 bits per heavy atom. The summed E-state index contributed by atoms with van der Waals surface area (Å²) in [5, 5.41) is 3.91. The third kappa shape index (κ3) is 4.52. The molecule has 1 saturated heterocycles. The monoisotopic (exact) mass is 422 g/mol. The van der Waals surface area contributed by atoms with Crippen molar-refractivity contribution in [1.29, 1.82) is 0 Å². The van der Waals surface area contributed by atoms with Crippen molar-refractivity contribution in [2.24, 2.45) is 0 Å². The first-order valence-corrected chi connectivity index (χ1v) is 11.0. The first-order chi connectivity index (χ1) is 14.7. The number of hydrogen-bond donors (Lipinski definition) is 1. The van der Waals surface area contributed by atoms with Gasteiger partial charge >= 0.3 is 0 Å². The maximum atomic E-state index is 13.0. The highest BCUT2D eigenvalue weighted by atomic mass is 32.1. The topological polar surface area (TPSA) is 67.3 Å². The Hall–Kier alpha value is -2.77. The lowest BCUT2D eigenvalue weighted by Crippen LogP contribution is -2.36. The minimum Gasteiger partial charge on any atom is -0.497 e. The van der Waals surface area contributed by atoms with E-state index in [0.717, 1.165) is 35.2 Å². The van der Waals surface area contributed by atoms with Gasteiger partial charge in [0.2, 0.25) is 0 Å². The molecule has 4 rings (SSSR count). The molecular weight excluding hydrogens is 396 g/mol. The Balaban J connectivity index is 1.49. The van der Waals surface area contributed by atoms with Crippen LogP contribution in [0, 0.1) is 6.92 Å². The molecule has 6 nitrogen and oxygen atoms in total. The number of rotatable bonds is 7. The molecule has 0 radical (unpaired) electrons. The molecule has 1 atom stereocenters. The van der Waals surface area contributed by atoms with E-state index >= 15 is 0 Å². The summed E-state index contributed by atoms with van der Waals surface area (Å²) in [6.45, 7) is 4.53. The van der Waals surface area contributed by atoms with Crippen molar-refractivity contribution in [3.05, 3.63) is 64.8 Å². The summed E-state index contributed by atoms with van der Waals surface area (Å²) in [7, 11) is 1.67. The minimum absolute atomic E-state index is 0.0788. The van der Waals surface area contributed by atoms with Crippen LogP contribution in [0.4, 0.5) is 0 Å². The number of ether oxygens (including phenoxy) is 1. The molecule has 0 unspecified atom stereocenters. The molecule has 0 aliphatic carbocycles. The average molecular weight is 423 g/mol. The molecule has 0 bridgehead atoms. The minimum atomic E-state index is -0.0788. The Morgan fingerprint density at radius 3 is 2.63 bits per heavy atom. The van der Waals surface area contributed by atoms with Gasteiger partial charge in [0.15, 0.2) is 0 Å². The lowest BCUT2D eigenvalue weighted by Gasteiger charge is -2.28. The van der Waals surface area contributed by atoms with Crippen LogP contribution in [-0.4, -0.2) is 47.5 Å². The Kier molecular flexibility index (Phi) is 6.40. The quantitative estimate of drug-likeness (QED) is 0.621. The average Bonchev–Trinajstić information content (AvgIpc) is 3.45. The summed E-state index contributed by atoms with van der Waals surface area (Å²) in [6, 6.07) is 14.0. The Bertz CT molecular complexity index is 982. The van der Waals surface area contributed by atoms with Gasteiger partial charge in [-0.05, 0) is 62.7 Å². The predicted molar refractivity (Wildman–Crippen MR) is 119 cm³/mol. The van der Waals surface area contributed by atoms with Crippen molar-refractivity contribution in [1.82, 2.24) is 20.2 Å². The first-order valence-electron chi connectivity index (χ1n) is 10.2. The van der Waals surface area contributed by atoms with Gasteiger partial charge in [0.25, 0.3) is 5.91 Å². The number of benzene rings is 1. The van der Waals surface area contributed by atoms with Crippen LogP contribution in [0.15, 0.2) is 48.7 Å². The summed E-state index contributed by atoms with van der Waals surface area (Å²) >= 11 is 1.39. The van der Waals surface area contributed by atoms with Gasteiger partial charge in [0.05, 0.1) is 24.5 Å². The third-order valence-corrected chi connectivity index (χ3v) is 6.60. The fraction of sp³-hybridized carbons (Fsp3) is 0.348. The lowest BCUT2D eigenvalue weighted by atomic mass is 10.1. The molecular formula is C23H26N4O2S. The number of carbonyl (C=O) groups excluding carboxylic acids is 1. The van der Waals surface area contributed by atoms with Gasteiger partial charge in [0, 0.05) is 12.7 Å². The molecule has 3 aromatic rings. The van der Waals surface area contributed by atoms with Crippen LogP contribution in [-0.2, 0) is 0 Å². The van der Waals surface area contributed by atoms with Crippen LogP contribution in [0.1, 0.15) is 39.8 Å². The summed E-state index contributed by atoms with van der Waals surface area (Å²) < 4.78 is 5.29. The van der Waals surface area contributed by atoms with E-state index in [1.807, 2.05) is 37.3 Å². The molecule has 0 saturated carbocycles. The summed E-state index contributed by atoms with van der Waals surface area (Å²) in [6.07, 6.45) is 4.13. The van der Waals surface area contributed by atoms with Gasteiger partial charge in [-0.1, -0.05) is 18.2 Å². The van der Waals surface area contributed by atoms with E-state index < -0.39 is 0 Å². The highest BCUT2D eigenvalue weighted by Crippen LogP contribution is 2.28. The fourth-order valence-corrected chi connectivity index (χ4v) is 4.77. The van der Waals surface area contributed by atoms with Crippen molar-refractivity contribution in [3.63, 3.8) is 0 Å². The highest BCUT2D eigenvalue weighted by molar-refractivity contribution is 7.17. The molecule has 7 heteroatoms. The van der Waals surface area contributed by atoms with Crippen LogP contribution in [0.3, 0.4) is 0 Å². The number of nitrogens with one attached hydrogen (secondary N) is 1. The molecule has 1 aromatic carbocycles. The Morgan fingerprint density at radius 1 is 1.20 bits per heavy atom. The van der Waals surface area contributed by atoms with Crippen LogP contribution in [0.2, 0.25) is 0 Å². The summed E-state index contributed by atoms with van der Waals surface area (Å²) in [4.78, 5) is 24.9. The van der Waals surface area contributed by atoms with E-state index in [0.29, 0.717) is 11.4 Å². The molecule has 2 aromatic heterocycles. The van der Waals surface area contributed by atoms with E-state index in [1.165, 1.54) is 29.7 Å². The molecule has 1 N–H and O–H groups in total. The van der Waals surface area contributed by atoms with Crippen LogP contribution >= 0.6 is 11.3 Å². The normalized spacial score (nSPS) is 15.1. The van der Waals surface area contributed by atoms with E-state index in [9.17, 15) is 4.79 Å². The van der Waals surface area contributed by atoms with Gasteiger partial charge in [-0.25, -0.2) is 4.98 Å². The second-order valence-electron chi connectivity index (χ2n) is 7.39. The van der Waals surface area contributed by atoms with Crippen LogP contribution in [0.5, 0.6) is 5.75 Å². The maximum Gasteiger partial charge on any atom is 0.263 e. The number of aromatic nitrogens is 2. The third-order valence-electron chi connectivity index (χ3n) is 5.42. The van der Waals surface area contributed by atoms with Crippen LogP contribution < -0.4 is 10.1 Å². The molecule has 1 aliphatic heterocycles. The zero-order valence-corrected chi connectivity index (χ0v) is 18.1. The standard InChI is InChI=1S/C23H26N4O2S/c1-16-21(30-23(26-16)19-7-3-4-12-24-19)22(28)25-15-20(27-13-5-6-14-27)17-8-10-18(29-2)11-9-17/h3-4,7-12,20H,5-6,13-15H2,1-2H3,(H,25,28)/t20-/m1/s1. The number of likely N-dealkylation sites (tertiary alicyclic amines) is 1. The maximum absolute atomic E-state index is 13.0. The molecule has 1 fully saturated rings. The van der Waals surface area contributed by atoms with Crippen molar-refractivity contribution < 1.29 is 9.53 Å². The van der Waals surface area contributed by atoms with Crippen molar-refractivity contribution in [2.75, 3.05) is 26.7 Å². The highest BCUT2D eigenvalue weighted by Gasteiger charge is 2.25. The summed E-state index contributed by atoms with van der Waals surface area (Å²) in [5.41, 5.74) is 2.71. The van der Waals surface area contributed by atoms with E-state index in [-0.39, 0.29) is 11.9 Å². The second-order valence-corrected chi connectivity index (χ2v) is 8.39. The van der Waals surface area contributed by atoms with Crippen LogP contribution in [0.25, 0.3) is 10.7 Å². The van der Waals surface area contributed by atoms with Crippen molar-refractivity contribution in [2.45, 2.75) is 25.8 Å². The summed E-state index contributed by atoms with van der Waals surface area (Å²) in [5.74, 6) is 0.759. The number of methoxy groups -OCH3 is 1. The van der Waals surface area contributed by atoms with E-state index in [1.54, 1.807) is 13.3 Å². The molecule has 156 valence electrons. The molecule has 30 heavy (non-hydrogen) atoms. The Labute approximate surface area is 180 Å². The molecule has 1 amide bonds. The first kappa shape index (κ1) is 20.5. The van der Waals surface area contributed by atoms with Gasteiger partial charge in [0.1, 0.15) is 15.6 Å². The number of carbonyl (C=O) groups is 1. The zero-order chi connectivity index (χ0) is 20.9.